The van der Waals surface area contributed by atoms with Crippen molar-refractivity contribution in [2.45, 2.75) is 6.54 Å². The zero-order chi connectivity index (χ0) is 15.6. The molecule has 0 saturated heterocycles. The zero-order valence-electron chi connectivity index (χ0n) is 12.3. The van der Waals surface area contributed by atoms with Crippen LogP contribution >= 0.6 is 0 Å². The monoisotopic (exact) mass is 302 g/mol. The summed E-state index contributed by atoms with van der Waals surface area (Å²) in [6.45, 7) is 0.563. The van der Waals surface area contributed by atoms with E-state index in [0.717, 1.165) is 28.2 Å². The van der Waals surface area contributed by atoms with E-state index in [-0.39, 0.29) is 5.75 Å². The van der Waals surface area contributed by atoms with Crippen molar-refractivity contribution in [3.63, 3.8) is 0 Å². The molecule has 5 nitrogen and oxygen atoms in total. The molecule has 0 spiro atoms. The van der Waals surface area contributed by atoms with Gasteiger partial charge in [0.25, 0.3) is 0 Å². The minimum absolute atomic E-state index is 0.249. The molecule has 4 aromatic rings. The van der Waals surface area contributed by atoms with Gasteiger partial charge >= 0.3 is 0 Å². The number of pyridine rings is 2. The molecule has 23 heavy (non-hydrogen) atoms. The van der Waals surface area contributed by atoms with Gasteiger partial charge < -0.3 is 9.67 Å². The Kier molecular flexibility index (Phi) is 3.24. The molecule has 0 unspecified atom stereocenters. The van der Waals surface area contributed by atoms with Crippen LogP contribution in [0.5, 0.6) is 5.75 Å². The van der Waals surface area contributed by atoms with E-state index in [0.29, 0.717) is 6.54 Å². The summed E-state index contributed by atoms with van der Waals surface area (Å²) < 4.78 is 2.02. The summed E-state index contributed by atoms with van der Waals surface area (Å²) in [4.78, 5) is 13.5. The van der Waals surface area contributed by atoms with Gasteiger partial charge in [0.2, 0.25) is 0 Å². The molecule has 0 aliphatic carbocycles. The summed E-state index contributed by atoms with van der Waals surface area (Å²) >= 11 is 0. The van der Waals surface area contributed by atoms with Gasteiger partial charge in [-0.2, -0.15) is 0 Å². The quantitative estimate of drug-likeness (QED) is 0.631. The van der Waals surface area contributed by atoms with Crippen molar-refractivity contribution in [1.82, 2.24) is 19.5 Å². The van der Waals surface area contributed by atoms with Gasteiger partial charge in [-0.05, 0) is 42.0 Å². The fourth-order valence-electron chi connectivity index (χ4n) is 2.64. The lowest BCUT2D eigenvalue weighted by atomic mass is 10.2. The summed E-state index contributed by atoms with van der Waals surface area (Å²) in [5, 5.41) is 9.69. The number of aromatic hydroxyl groups is 1. The number of imidazole rings is 1. The lowest BCUT2D eigenvalue weighted by Gasteiger charge is -2.08. The van der Waals surface area contributed by atoms with Crippen molar-refractivity contribution in [3.05, 3.63) is 72.6 Å². The first-order chi connectivity index (χ1) is 11.3. The fraction of sp³-hybridized carbons (Fsp3) is 0.0556. The molecular weight excluding hydrogens is 288 g/mol. The normalized spacial score (nSPS) is 11.0. The second-order valence-electron chi connectivity index (χ2n) is 5.25. The average Bonchev–Trinajstić information content (AvgIpc) is 2.95. The molecule has 0 saturated carbocycles. The first-order valence-corrected chi connectivity index (χ1v) is 7.32. The summed E-state index contributed by atoms with van der Waals surface area (Å²) in [7, 11) is 0. The van der Waals surface area contributed by atoms with E-state index in [4.69, 9.17) is 0 Å². The highest BCUT2D eigenvalue weighted by Crippen LogP contribution is 2.23. The second kappa shape index (κ2) is 5.53. The van der Waals surface area contributed by atoms with Crippen LogP contribution in [0, 0.1) is 0 Å². The fourth-order valence-corrected chi connectivity index (χ4v) is 2.64. The third-order valence-electron chi connectivity index (χ3n) is 3.65. The number of benzene rings is 1. The van der Waals surface area contributed by atoms with Crippen molar-refractivity contribution in [2.75, 3.05) is 0 Å². The van der Waals surface area contributed by atoms with E-state index < -0.39 is 0 Å². The van der Waals surface area contributed by atoms with Crippen LogP contribution in [0.15, 0.2) is 67.0 Å². The van der Waals surface area contributed by atoms with Gasteiger partial charge in [0, 0.05) is 12.4 Å². The van der Waals surface area contributed by atoms with E-state index in [1.165, 1.54) is 0 Å². The third kappa shape index (κ3) is 2.53. The first kappa shape index (κ1) is 13.5. The second-order valence-corrected chi connectivity index (χ2v) is 5.25. The number of nitrogens with zero attached hydrogens (tertiary/aromatic N) is 4. The average molecular weight is 302 g/mol. The van der Waals surface area contributed by atoms with Crippen molar-refractivity contribution < 1.29 is 5.11 Å². The summed E-state index contributed by atoms with van der Waals surface area (Å²) in [6.07, 6.45) is 3.51. The summed E-state index contributed by atoms with van der Waals surface area (Å²) in [6, 6.07) is 16.8. The molecular formula is C18H14N4O. The van der Waals surface area contributed by atoms with E-state index in [1.54, 1.807) is 24.5 Å². The summed E-state index contributed by atoms with van der Waals surface area (Å²) in [5.41, 5.74) is 3.41. The van der Waals surface area contributed by atoms with Crippen molar-refractivity contribution in [2.24, 2.45) is 0 Å². The molecule has 0 radical (unpaired) electrons. The highest BCUT2D eigenvalue weighted by molar-refractivity contribution is 5.76. The molecule has 5 heteroatoms. The van der Waals surface area contributed by atoms with Gasteiger partial charge in [-0.15, -0.1) is 0 Å². The van der Waals surface area contributed by atoms with Gasteiger partial charge in [0.1, 0.15) is 17.0 Å². The van der Waals surface area contributed by atoms with Crippen molar-refractivity contribution >= 4 is 11.2 Å². The standard InChI is InChI=1S/C18H14N4O/c23-14-6-3-5-13(11-14)12-22-17-16(8-4-10-20-17)21-18(22)15-7-1-2-9-19-15/h1-11,23H,12H2. The highest BCUT2D eigenvalue weighted by Gasteiger charge is 2.14. The molecule has 3 heterocycles. The molecule has 4 rings (SSSR count). The van der Waals surface area contributed by atoms with Gasteiger partial charge in [0.05, 0.1) is 6.54 Å². The van der Waals surface area contributed by atoms with Crippen molar-refractivity contribution in [3.8, 4) is 17.3 Å². The van der Waals surface area contributed by atoms with Gasteiger partial charge in [-0.25, -0.2) is 9.97 Å². The molecule has 1 aromatic carbocycles. The topological polar surface area (TPSA) is 63.8 Å². The number of fused-ring (bicyclic) bond motifs is 1. The number of rotatable bonds is 3. The maximum atomic E-state index is 9.69. The molecule has 0 aliphatic heterocycles. The van der Waals surface area contributed by atoms with Crippen LogP contribution in [-0.4, -0.2) is 24.6 Å². The van der Waals surface area contributed by atoms with E-state index in [9.17, 15) is 5.11 Å². The van der Waals surface area contributed by atoms with Crippen LogP contribution < -0.4 is 0 Å². The summed E-state index contributed by atoms with van der Waals surface area (Å²) in [5.74, 6) is 1.02. The minimum Gasteiger partial charge on any atom is -0.508 e. The van der Waals surface area contributed by atoms with Crippen LogP contribution in [0.25, 0.3) is 22.7 Å². The van der Waals surface area contributed by atoms with Gasteiger partial charge in [0.15, 0.2) is 11.5 Å². The molecule has 0 aliphatic rings. The molecule has 0 fully saturated rings. The van der Waals surface area contributed by atoms with Crippen molar-refractivity contribution in [1.29, 1.82) is 0 Å². The molecule has 0 atom stereocenters. The van der Waals surface area contributed by atoms with Crippen LogP contribution in [0.1, 0.15) is 5.56 Å². The Labute approximate surface area is 132 Å². The van der Waals surface area contributed by atoms with Crippen LogP contribution in [-0.2, 0) is 6.54 Å². The Morgan fingerprint density at radius 2 is 1.83 bits per heavy atom. The van der Waals surface area contributed by atoms with E-state index >= 15 is 0 Å². The number of hydrogen-bond donors (Lipinski definition) is 1. The maximum absolute atomic E-state index is 9.69. The van der Waals surface area contributed by atoms with Gasteiger partial charge in [-0.3, -0.25) is 4.98 Å². The minimum atomic E-state index is 0.249. The predicted molar refractivity (Wildman–Crippen MR) is 88.0 cm³/mol. The third-order valence-corrected chi connectivity index (χ3v) is 3.65. The number of phenols is 1. The van der Waals surface area contributed by atoms with Crippen LogP contribution in [0.2, 0.25) is 0 Å². The lowest BCUT2D eigenvalue weighted by Crippen LogP contribution is -2.03. The number of phenolic OH excluding ortho intramolecular Hbond substituents is 1. The van der Waals surface area contributed by atoms with E-state index in [2.05, 4.69) is 15.0 Å². The zero-order valence-corrected chi connectivity index (χ0v) is 12.3. The molecule has 0 bridgehead atoms. The Bertz CT molecular complexity index is 963. The van der Waals surface area contributed by atoms with Crippen LogP contribution in [0.4, 0.5) is 0 Å². The lowest BCUT2D eigenvalue weighted by molar-refractivity contribution is 0.474. The number of aromatic nitrogens is 4. The Morgan fingerprint density at radius 1 is 0.913 bits per heavy atom. The number of hydrogen-bond acceptors (Lipinski definition) is 4. The predicted octanol–water partition coefficient (Wildman–Crippen LogP) is 3.25. The molecule has 3 aromatic heterocycles. The molecule has 1 N–H and O–H groups in total. The highest BCUT2D eigenvalue weighted by atomic mass is 16.3. The van der Waals surface area contributed by atoms with E-state index in [1.807, 2.05) is 47.0 Å². The van der Waals surface area contributed by atoms with Crippen LogP contribution in [0.3, 0.4) is 0 Å². The molecule has 0 amide bonds. The van der Waals surface area contributed by atoms with Gasteiger partial charge in [-0.1, -0.05) is 18.2 Å². The Hall–Kier alpha value is -3.21. The Balaban J connectivity index is 1.89. The largest absolute Gasteiger partial charge is 0.508 e. The SMILES string of the molecule is Oc1cccc(Cn2c(-c3ccccn3)nc3cccnc32)c1. The Morgan fingerprint density at radius 3 is 2.65 bits per heavy atom. The first-order valence-electron chi connectivity index (χ1n) is 7.32. The molecule has 112 valence electrons. The maximum Gasteiger partial charge on any atom is 0.161 e. The smallest absolute Gasteiger partial charge is 0.161 e.